The van der Waals surface area contributed by atoms with Crippen molar-refractivity contribution in [3.8, 4) is 0 Å². The van der Waals surface area contributed by atoms with Gasteiger partial charge in [-0.25, -0.2) is 4.39 Å². The van der Waals surface area contributed by atoms with Crippen molar-refractivity contribution in [2.45, 2.75) is 51.0 Å². The highest BCUT2D eigenvalue weighted by Gasteiger charge is 2.43. The zero-order valence-corrected chi connectivity index (χ0v) is 14.3. The van der Waals surface area contributed by atoms with Gasteiger partial charge >= 0.3 is 0 Å². The van der Waals surface area contributed by atoms with Gasteiger partial charge in [0.05, 0.1) is 11.5 Å². The maximum absolute atomic E-state index is 13.7. The lowest BCUT2D eigenvalue weighted by Crippen LogP contribution is -2.43. The van der Waals surface area contributed by atoms with Crippen LogP contribution in [0.4, 0.5) is 4.39 Å². The average molecular weight is 325 g/mol. The van der Waals surface area contributed by atoms with E-state index in [0.717, 1.165) is 42.4 Å². The number of hydrogen-bond acceptors (Lipinski definition) is 1. The van der Waals surface area contributed by atoms with Crippen molar-refractivity contribution in [2.24, 2.45) is 0 Å². The second-order valence-corrected chi connectivity index (χ2v) is 6.85. The number of halogens is 1. The first-order chi connectivity index (χ1) is 11.5. The summed E-state index contributed by atoms with van der Waals surface area (Å²) in [5.41, 5.74) is 2.49. The van der Waals surface area contributed by atoms with Crippen LogP contribution in [0.25, 0.3) is 0 Å². The molecule has 1 fully saturated rings. The van der Waals surface area contributed by atoms with Crippen LogP contribution in [0.2, 0.25) is 0 Å². The van der Waals surface area contributed by atoms with Gasteiger partial charge in [0.1, 0.15) is 5.82 Å². The quantitative estimate of drug-likeness (QED) is 0.857. The van der Waals surface area contributed by atoms with Gasteiger partial charge in [0.2, 0.25) is 5.91 Å². The van der Waals surface area contributed by atoms with Gasteiger partial charge < -0.3 is 5.32 Å². The van der Waals surface area contributed by atoms with E-state index in [4.69, 9.17) is 0 Å². The summed E-state index contributed by atoms with van der Waals surface area (Å²) < 4.78 is 13.7. The number of benzene rings is 2. The van der Waals surface area contributed by atoms with Crippen LogP contribution in [-0.4, -0.2) is 5.91 Å². The predicted octanol–water partition coefficient (Wildman–Crippen LogP) is 4.82. The molecule has 1 aliphatic carbocycles. The van der Waals surface area contributed by atoms with Crippen molar-refractivity contribution in [1.29, 1.82) is 0 Å². The summed E-state index contributed by atoms with van der Waals surface area (Å²) in [5, 5.41) is 3.18. The number of carbonyl (C=O) groups excluding carboxylic acids is 1. The first kappa shape index (κ1) is 16.7. The molecule has 1 unspecified atom stereocenters. The Bertz CT molecular complexity index is 734. The molecule has 3 heteroatoms. The minimum absolute atomic E-state index is 0.0151. The monoisotopic (exact) mass is 325 g/mol. The minimum atomic E-state index is -0.598. The van der Waals surface area contributed by atoms with E-state index in [1.807, 2.05) is 31.2 Å². The average Bonchev–Trinajstić information content (AvgIpc) is 3.06. The second-order valence-electron chi connectivity index (χ2n) is 6.85. The number of amides is 1. The molecule has 2 aromatic carbocycles. The van der Waals surface area contributed by atoms with Crippen LogP contribution >= 0.6 is 0 Å². The molecule has 2 nitrogen and oxygen atoms in total. The highest BCUT2D eigenvalue weighted by molar-refractivity contribution is 5.89. The zero-order valence-electron chi connectivity index (χ0n) is 14.3. The summed E-state index contributed by atoms with van der Waals surface area (Å²) in [4.78, 5) is 13.1. The summed E-state index contributed by atoms with van der Waals surface area (Å²) in [5.74, 6) is -0.264. The SMILES string of the molecule is Cc1ccccc1C(C)NC(=O)C1(c2cccc(F)c2)CCCC1. The molecular weight excluding hydrogens is 301 g/mol. The summed E-state index contributed by atoms with van der Waals surface area (Å²) in [6, 6.07) is 14.5. The van der Waals surface area contributed by atoms with E-state index >= 15 is 0 Å². The molecule has 1 aliphatic rings. The zero-order chi connectivity index (χ0) is 17.2. The van der Waals surface area contributed by atoms with Gasteiger partial charge in [-0.2, -0.15) is 0 Å². The third kappa shape index (κ3) is 3.08. The largest absolute Gasteiger partial charge is 0.349 e. The van der Waals surface area contributed by atoms with Gasteiger partial charge in [-0.05, 0) is 55.5 Å². The Morgan fingerprint density at radius 3 is 2.50 bits per heavy atom. The Labute approximate surface area is 143 Å². The first-order valence-electron chi connectivity index (χ1n) is 8.65. The lowest BCUT2D eigenvalue weighted by molar-refractivity contribution is -0.127. The molecule has 0 spiro atoms. The minimum Gasteiger partial charge on any atom is -0.349 e. The van der Waals surface area contributed by atoms with Crippen LogP contribution in [0.5, 0.6) is 0 Å². The van der Waals surface area contributed by atoms with Crippen molar-refractivity contribution < 1.29 is 9.18 Å². The third-order valence-electron chi connectivity index (χ3n) is 5.27. The second kappa shape index (κ2) is 6.76. The molecular formula is C21H24FNO. The van der Waals surface area contributed by atoms with Crippen LogP contribution in [0.15, 0.2) is 48.5 Å². The standard InChI is InChI=1S/C21H24FNO/c1-15-8-3-4-11-19(15)16(2)23-20(24)21(12-5-6-13-21)17-9-7-10-18(22)14-17/h3-4,7-11,14,16H,5-6,12-13H2,1-2H3,(H,23,24). The highest BCUT2D eigenvalue weighted by atomic mass is 19.1. The fraction of sp³-hybridized carbons (Fsp3) is 0.381. The third-order valence-corrected chi connectivity index (χ3v) is 5.27. The topological polar surface area (TPSA) is 29.1 Å². The van der Waals surface area contributed by atoms with E-state index < -0.39 is 5.41 Å². The van der Waals surface area contributed by atoms with Gasteiger partial charge in [0.25, 0.3) is 0 Å². The first-order valence-corrected chi connectivity index (χ1v) is 8.65. The van der Waals surface area contributed by atoms with E-state index in [1.165, 1.54) is 12.1 Å². The Morgan fingerprint density at radius 1 is 1.12 bits per heavy atom. The number of carbonyl (C=O) groups is 1. The Hall–Kier alpha value is -2.16. The van der Waals surface area contributed by atoms with Crippen LogP contribution in [0.3, 0.4) is 0 Å². The normalized spacial score (nSPS) is 17.5. The Kier molecular flexibility index (Phi) is 4.70. The van der Waals surface area contributed by atoms with E-state index in [9.17, 15) is 9.18 Å². The molecule has 24 heavy (non-hydrogen) atoms. The molecule has 0 aliphatic heterocycles. The molecule has 1 N–H and O–H groups in total. The summed E-state index contributed by atoms with van der Waals surface area (Å²) >= 11 is 0. The van der Waals surface area contributed by atoms with Crippen LogP contribution in [0, 0.1) is 12.7 Å². The molecule has 0 heterocycles. The molecule has 0 bridgehead atoms. The maximum Gasteiger partial charge on any atom is 0.231 e. The lowest BCUT2D eigenvalue weighted by Gasteiger charge is -2.30. The van der Waals surface area contributed by atoms with E-state index in [2.05, 4.69) is 18.3 Å². The molecule has 0 saturated heterocycles. The van der Waals surface area contributed by atoms with Crippen molar-refractivity contribution in [3.05, 3.63) is 71.0 Å². The fourth-order valence-electron chi connectivity index (χ4n) is 3.90. The Morgan fingerprint density at radius 2 is 1.83 bits per heavy atom. The molecule has 1 atom stereocenters. The van der Waals surface area contributed by atoms with Crippen LogP contribution < -0.4 is 5.32 Å². The van der Waals surface area contributed by atoms with Gasteiger partial charge in [-0.15, -0.1) is 0 Å². The molecule has 126 valence electrons. The van der Waals surface area contributed by atoms with Crippen molar-refractivity contribution in [2.75, 3.05) is 0 Å². The molecule has 1 saturated carbocycles. The summed E-state index contributed by atoms with van der Waals surface area (Å²) in [6.45, 7) is 4.06. The molecule has 0 aromatic heterocycles. The van der Waals surface area contributed by atoms with Crippen molar-refractivity contribution in [1.82, 2.24) is 5.32 Å². The molecule has 1 amide bonds. The van der Waals surface area contributed by atoms with Crippen LogP contribution in [-0.2, 0) is 10.2 Å². The summed E-state index contributed by atoms with van der Waals surface area (Å²) in [6.07, 6.45) is 3.57. The van der Waals surface area contributed by atoms with E-state index in [1.54, 1.807) is 6.07 Å². The molecule has 0 radical (unpaired) electrons. The lowest BCUT2D eigenvalue weighted by atomic mass is 9.77. The van der Waals surface area contributed by atoms with E-state index in [0.29, 0.717) is 0 Å². The van der Waals surface area contributed by atoms with Gasteiger partial charge in [-0.1, -0.05) is 49.2 Å². The summed E-state index contributed by atoms with van der Waals surface area (Å²) in [7, 11) is 0. The number of hydrogen-bond donors (Lipinski definition) is 1. The molecule has 2 aromatic rings. The van der Waals surface area contributed by atoms with Crippen molar-refractivity contribution >= 4 is 5.91 Å². The predicted molar refractivity (Wildman–Crippen MR) is 94.3 cm³/mol. The number of aryl methyl sites for hydroxylation is 1. The number of rotatable bonds is 4. The van der Waals surface area contributed by atoms with E-state index in [-0.39, 0.29) is 17.8 Å². The van der Waals surface area contributed by atoms with Gasteiger partial charge in [-0.3, -0.25) is 4.79 Å². The van der Waals surface area contributed by atoms with Crippen molar-refractivity contribution in [3.63, 3.8) is 0 Å². The van der Waals surface area contributed by atoms with Gasteiger partial charge in [0.15, 0.2) is 0 Å². The maximum atomic E-state index is 13.7. The molecule has 3 rings (SSSR count). The van der Waals surface area contributed by atoms with Gasteiger partial charge in [0, 0.05) is 0 Å². The smallest absolute Gasteiger partial charge is 0.231 e. The highest BCUT2D eigenvalue weighted by Crippen LogP contribution is 2.42. The fourth-order valence-corrected chi connectivity index (χ4v) is 3.90. The number of nitrogens with one attached hydrogen (secondary N) is 1. The Balaban J connectivity index is 1.87. The van der Waals surface area contributed by atoms with Crippen LogP contribution in [0.1, 0.15) is 55.3 Å².